The molecule has 0 atom stereocenters. The molecule has 0 unspecified atom stereocenters. The van der Waals surface area contributed by atoms with Gasteiger partial charge < -0.3 is 19.8 Å². The summed E-state index contributed by atoms with van der Waals surface area (Å²) in [5, 5.41) is 7.21. The number of benzene rings is 1. The van der Waals surface area contributed by atoms with E-state index in [-0.39, 0.29) is 11.5 Å². The van der Waals surface area contributed by atoms with Gasteiger partial charge in [-0.2, -0.15) is 0 Å². The van der Waals surface area contributed by atoms with Crippen LogP contribution in [0.25, 0.3) is 0 Å². The van der Waals surface area contributed by atoms with Gasteiger partial charge in [-0.1, -0.05) is 18.9 Å². The molecule has 2 aromatic rings. The lowest BCUT2D eigenvalue weighted by Crippen LogP contribution is -2.45. The summed E-state index contributed by atoms with van der Waals surface area (Å²) in [5.74, 6) is 0.577. The Kier molecular flexibility index (Phi) is 5.61. The molecule has 1 aliphatic rings. The number of rotatable bonds is 5. The zero-order chi connectivity index (χ0) is 18.6. The number of hydrogen-bond donors (Lipinski definition) is 2. The molecule has 0 amide bonds. The van der Waals surface area contributed by atoms with Crippen LogP contribution >= 0.6 is 12.2 Å². The second-order valence-electron chi connectivity index (χ2n) is 6.60. The first-order valence-corrected chi connectivity index (χ1v) is 9.36. The quantitative estimate of drug-likeness (QED) is 0.594. The number of nitrogens with one attached hydrogen (secondary N) is 2. The number of esters is 1. The molecule has 2 N–H and O–H groups in total. The smallest absolute Gasteiger partial charge is 0.338 e. The molecule has 0 aliphatic heterocycles. The molecule has 0 saturated heterocycles. The molecular weight excluding hydrogens is 348 g/mol. The molecule has 1 aromatic heterocycles. The maximum atomic E-state index is 12.0. The molecule has 1 aliphatic carbocycles. The van der Waals surface area contributed by atoms with Crippen molar-refractivity contribution in [2.75, 3.05) is 11.9 Å². The molecule has 0 radical (unpaired) electrons. The Morgan fingerprint density at radius 3 is 2.73 bits per heavy atom. The summed E-state index contributed by atoms with van der Waals surface area (Å²) >= 11 is 5.56. The van der Waals surface area contributed by atoms with Crippen LogP contribution in [0, 0.1) is 6.92 Å². The van der Waals surface area contributed by atoms with Crippen molar-refractivity contribution >= 4 is 29.0 Å². The fraction of sp³-hybridized carbons (Fsp3) is 0.400. The van der Waals surface area contributed by atoms with E-state index in [1.54, 1.807) is 25.3 Å². The Balaban J connectivity index is 1.75. The van der Waals surface area contributed by atoms with Crippen LogP contribution in [0.15, 0.2) is 41.0 Å². The van der Waals surface area contributed by atoms with Crippen LogP contribution in [0.5, 0.6) is 0 Å². The highest BCUT2D eigenvalue weighted by atomic mass is 32.1. The number of aryl methyl sites for hydroxylation is 1. The maximum Gasteiger partial charge on any atom is 0.338 e. The standard InChI is InChI=1S/C20H24N2O3S/c1-3-24-18(23)15-9-8-14(2)16(13-15)21-19(26)22-20(10-4-5-11-20)17-7-6-12-25-17/h6-9,12-13H,3-5,10-11H2,1-2H3,(H2,21,22,26). The van der Waals surface area contributed by atoms with Crippen LogP contribution in [0.4, 0.5) is 5.69 Å². The van der Waals surface area contributed by atoms with Crippen LogP contribution in [0.3, 0.4) is 0 Å². The lowest BCUT2D eigenvalue weighted by atomic mass is 9.94. The van der Waals surface area contributed by atoms with Gasteiger partial charge in [0.25, 0.3) is 0 Å². The lowest BCUT2D eigenvalue weighted by Gasteiger charge is -2.30. The summed E-state index contributed by atoms with van der Waals surface area (Å²) in [6, 6.07) is 9.31. The van der Waals surface area contributed by atoms with Crippen LogP contribution < -0.4 is 10.6 Å². The predicted octanol–water partition coefficient (Wildman–Crippen LogP) is 4.52. The molecule has 138 valence electrons. The number of carbonyl (C=O) groups is 1. The molecule has 5 nitrogen and oxygen atoms in total. The molecule has 6 heteroatoms. The summed E-state index contributed by atoms with van der Waals surface area (Å²) in [4.78, 5) is 12.0. The summed E-state index contributed by atoms with van der Waals surface area (Å²) in [5.41, 5.74) is 2.03. The topological polar surface area (TPSA) is 63.5 Å². The van der Waals surface area contributed by atoms with E-state index in [0.717, 1.165) is 42.7 Å². The van der Waals surface area contributed by atoms with Gasteiger partial charge in [-0.3, -0.25) is 0 Å². The summed E-state index contributed by atoms with van der Waals surface area (Å²) in [6.07, 6.45) is 5.91. The van der Waals surface area contributed by atoms with Gasteiger partial charge in [0, 0.05) is 5.69 Å². The molecular formula is C20H24N2O3S. The van der Waals surface area contributed by atoms with Crippen LogP contribution in [0.2, 0.25) is 0 Å². The largest absolute Gasteiger partial charge is 0.467 e. The van der Waals surface area contributed by atoms with Crippen molar-refractivity contribution in [3.8, 4) is 0 Å². The van der Waals surface area contributed by atoms with Gasteiger partial charge in [-0.25, -0.2) is 4.79 Å². The highest BCUT2D eigenvalue weighted by Gasteiger charge is 2.38. The van der Waals surface area contributed by atoms with E-state index < -0.39 is 0 Å². The maximum absolute atomic E-state index is 12.0. The Hall–Kier alpha value is -2.34. The first kappa shape index (κ1) is 18.5. The molecule has 26 heavy (non-hydrogen) atoms. The van der Waals surface area contributed by atoms with Gasteiger partial charge in [-0.05, 0) is 68.7 Å². The monoisotopic (exact) mass is 372 g/mol. The zero-order valence-electron chi connectivity index (χ0n) is 15.1. The second kappa shape index (κ2) is 7.91. The average Bonchev–Trinajstić information content (AvgIpc) is 3.29. The third-order valence-corrected chi connectivity index (χ3v) is 5.00. The first-order chi connectivity index (χ1) is 12.5. The van der Waals surface area contributed by atoms with E-state index in [2.05, 4.69) is 10.6 Å². The lowest BCUT2D eigenvalue weighted by molar-refractivity contribution is 0.0526. The van der Waals surface area contributed by atoms with Crippen molar-refractivity contribution < 1.29 is 13.9 Å². The van der Waals surface area contributed by atoms with Crippen molar-refractivity contribution in [2.45, 2.75) is 45.1 Å². The molecule has 1 heterocycles. The van der Waals surface area contributed by atoms with Gasteiger partial charge in [0.05, 0.1) is 24.0 Å². The fourth-order valence-electron chi connectivity index (χ4n) is 3.43. The van der Waals surface area contributed by atoms with E-state index in [9.17, 15) is 4.79 Å². The van der Waals surface area contributed by atoms with Crippen molar-refractivity contribution in [3.63, 3.8) is 0 Å². The second-order valence-corrected chi connectivity index (χ2v) is 7.00. The number of thiocarbonyl (C=S) groups is 1. The molecule has 3 rings (SSSR count). The summed E-state index contributed by atoms with van der Waals surface area (Å²) < 4.78 is 10.7. The third-order valence-electron chi connectivity index (χ3n) is 4.80. The minimum Gasteiger partial charge on any atom is -0.467 e. The van der Waals surface area contributed by atoms with Gasteiger partial charge in [-0.15, -0.1) is 0 Å². The SMILES string of the molecule is CCOC(=O)c1ccc(C)c(NC(=S)NC2(c3ccco3)CCCC2)c1. The molecule has 1 saturated carbocycles. The molecule has 0 spiro atoms. The van der Waals surface area contributed by atoms with Gasteiger partial charge in [0.1, 0.15) is 5.76 Å². The predicted molar refractivity (Wildman–Crippen MR) is 105 cm³/mol. The van der Waals surface area contributed by atoms with Crippen LogP contribution in [-0.4, -0.2) is 17.7 Å². The Morgan fingerprint density at radius 2 is 2.08 bits per heavy atom. The number of anilines is 1. The van der Waals surface area contributed by atoms with Gasteiger partial charge >= 0.3 is 5.97 Å². The zero-order valence-corrected chi connectivity index (χ0v) is 15.9. The van der Waals surface area contributed by atoms with E-state index in [0.29, 0.717) is 17.3 Å². The van der Waals surface area contributed by atoms with Crippen LogP contribution in [-0.2, 0) is 10.3 Å². The average molecular weight is 372 g/mol. The van der Waals surface area contributed by atoms with E-state index in [1.165, 1.54) is 0 Å². The minimum absolute atomic E-state index is 0.264. The van der Waals surface area contributed by atoms with Crippen molar-refractivity contribution in [1.29, 1.82) is 0 Å². The normalized spacial score (nSPS) is 15.5. The number of furan rings is 1. The highest BCUT2D eigenvalue weighted by molar-refractivity contribution is 7.80. The van der Waals surface area contributed by atoms with Crippen molar-refractivity contribution in [3.05, 3.63) is 53.5 Å². The van der Waals surface area contributed by atoms with Gasteiger partial charge in [0.2, 0.25) is 0 Å². The first-order valence-electron chi connectivity index (χ1n) is 8.95. The Morgan fingerprint density at radius 1 is 1.31 bits per heavy atom. The van der Waals surface area contributed by atoms with Crippen LogP contribution in [0.1, 0.15) is 54.3 Å². The Bertz CT molecular complexity index is 780. The number of hydrogen-bond acceptors (Lipinski definition) is 4. The van der Waals surface area contributed by atoms with Crippen molar-refractivity contribution in [1.82, 2.24) is 5.32 Å². The Labute approximate surface area is 159 Å². The minimum atomic E-state index is -0.336. The van der Waals surface area contributed by atoms with E-state index in [1.807, 2.05) is 25.1 Å². The highest BCUT2D eigenvalue weighted by Crippen LogP contribution is 2.39. The van der Waals surface area contributed by atoms with E-state index >= 15 is 0 Å². The van der Waals surface area contributed by atoms with Gasteiger partial charge in [0.15, 0.2) is 5.11 Å². The summed E-state index contributed by atoms with van der Waals surface area (Å²) in [6.45, 7) is 4.11. The molecule has 1 fully saturated rings. The fourth-order valence-corrected chi connectivity index (χ4v) is 3.74. The summed E-state index contributed by atoms with van der Waals surface area (Å²) in [7, 11) is 0. The number of ether oxygens (including phenoxy) is 1. The molecule has 0 bridgehead atoms. The molecule has 1 aromatic carbocycles. The van der Waals surface area contributed by atoms with E-state index in [4.69, 9.17) is 21.4 Å². The third kappa shape index (κ3) is 3.90. The number of carbonyl (C=O) groups excluding carboxylic acids is 1. The van der Waals surface area contributed by atoms with Crippen molar-refractivity contribution in [2.24, 2.45) is 0 Å².